The van der Waals surface area contributed by atoms with Gasteiger partial charge in [-0.25, -0.2) is 0 Å². The normalized spacial score (nSPS) is 18.9. The first-order chi connectivity index (χ1) is 15.8. The molecule has 2 aromatic carbocycles. The molecule has 0 heterocycles. The highest BCUT2D eigenvalue weighted by Crippen LogP contribution is 2.36. The van der Waals surface area contributed by atoms with Crippen LogP contribution in [-0.4, -0.2) is 33.3 Å². The highest BCUT2D eigenvalue weighted by Gasteiger charge is 2.36. The van der Waals surface area contributed by atoms with Crippen molar-refractivity contribution in [3.8, 4) is 5.75 Å². The highest BCUT2D eigenvalue weighted by atomic mass is 32.2. The summed E-state index contributed by atoms with van der Waals surface area (Å²) in [6.45, 7) is 3.54. The molecule has 2 unspecified atom stereocenters. The summed E-state index contributed by atoms with van der Waals surface area (Å²) in [7, 11) is 0. The van der Waals surface area contributed by atoms with Gasteiger partial charge in [0.2, 0.25) is 0 Å². The average Bonchev–Trinajstić information content (AvgIpc) is 2.78. The van der Waals surface area contributed by atoms with E-state index < -0.39 is 11.7 Å². The van der Waals surface area contributed by atoms with Crippen molar-refractivity contribution >= 4 is 17.5 Å². The number of hydrogen-bond acceptors (Lipinski definition) is 6. The summed E-state index contributed by atoms with van der Waals surface area (Å²) >= 11 is 1.59. The van der Waals surface area contributed by atoms with Crippen molar-refractivity contribution < 1.29 is 24.9 Å². The number of ether oxygens (including phenoxy) is 1. The van der Waals surface area contributed by atoms with Gasteiger partial charge in [0.25, 0.3) is 0 Å². The minimum atomic E-state index is -1.19. The zero-order valence-electron chi connectivity index (χ0n) is 19.2. The first-order valence-corrected chi connectivity index (χ1v) is 12.2. The Balaban J connectivity index is 1.68. The van der Waals surface area contributed by atoms with Crippen molar-refractivity contribution in [2.24, 2.45) is 0 Å². The predicted octanol–water partition coefficient (Wildman–Crippen LogP) is 5.36. The molecule has 176 valence electrons. The van der Waals surface area contributed by atoms with Gasteiger partial charge >= 0.3 is 0 Å². The van der Waals surface area contributed by atoms with Crippen molar-refractivity contribution in [3.63, 3.8) is 0 Å². The summed E-state index contributed by atoms with van der Waals surface area (Å²) in [5, 5.41) is 30.1. The van der Waals surface area contributed by atoms with Gasteiger partial charge in [-0.3, -0.25) is 4.79 Å². The molecule has 0 aromatic heterocycles. The van der Waals surface area contributed by atoms with Gasteiger partial charge in [-0.05, 0) is 74.2 Å². The standard InChI is InChI=1S/C27H32O5S/c1-3-15-27(31)18-22(11-14-25(27)19(2)29)32-21-6-4-7-24(17-21)33-23-12-9-20(10-13-23)26(30)8-5-16-28/h4,6-7,9-14,17,26,28,30-31H,3,5,8,15-16,18H2,1-2H3. The Morgan fingerprint density at radius 1 is 1.15 bits per heavy atom. The third kappa shape index (κ3) is 6.81. The number of aliphatic hydroxyl groups is 3. The molecule has 0 bridgehead atoms. The van der Waals surface area contributed by atoms with E-state index in [1.807, 2.05) is 55.5 Å². The van der Waals surface area contributed by atoms with Gasteiger partial charge in [0.05, 0.1) is 6.10 Å². The second-order valence-electron chi connectivity index (χ2n) is 8.36. The van der Waals surface area contributed by atoms with E-state index in [4.69, 9.17) is 9.84 Å². The van der Waals surface area contributed by atoms with Gasteiger partial charge in [-0.2, -0.15) is 0 Å². The molecular weight excluding hydrogens is 436 g/mol. The molecule has 6 heteroatoms. The lowest BCUT2D eigenvalue weighted by atomic mass is 9.80. The van der Waals surface area contributed by atoms with E-state index in [9.17, 15) is 15.0 Å². The Bertz CT molecular complexity index is 1010. The molecule has 1 aliphatic rings. The second kappa shape index (κ2) is 11.7. The van der Waals surface area contributed by atoms with Crippen LogP contribution < -0.4 is 4.74 Å². The van der Waals surface area contributed by atoms with Crippen molar-refractivity contribution in [1.82, 2.24) is 0 Å². The monoisotopic (exact) mass is 468 g/mol. The lowest BCUT2D eigenvalue weighted by Gasteiger charge is -2.32. The number of carbonyl (C=O) groups is 1. The smallest absolute Gasteiger partial charge is 0.158 e. The number of carbonyl (C=O) groups excluding carboxylic acids is 1. The number of hydrogen-bond donors (Lipinski definition) is 3. The van der Waals surface area contributed by atoms with Crippen molar-refractivity contribution in [1.29, 1.82) is 0 Å². The number of benzene rings is 2. The molecule has 0 saturated carbocycles. The first kappa shape index (κ1) is 25.2. The Morgan fingerprint density at radius 3 is 2.58 bits per heavy atom. The summed E-state index contributed by atoms with van der Waals surface area (Å²) in [4.78, 5) is 14.0. The highest BCUT2D eigenvalue weighted by molar-refractivity contribution is 7.99. The van der Waals surface area contributed by atoms with E-state index in [1.54, 1.807) is 23.9 Å². The van der Waals surface area contributed by atoms with E-state index in [2.05, 4.69) is 0 Å². The minimum Gasteiger partial charge on any atom is -0.462 e. The molecule has 0 fully saturated rings. The van der Waals surface area contributed by atoms with Crippen molar-refractivity contribution in [3.05, 3.63) is 77.6 Å². The van der Waals surface area contributed by atoms with Gasteiger partial charge in [-0.1, -0.05) is 43.3 Å². The average molecular weight is 469 g/mol. The largest absolute Gasteiger partial charge is 0.462 e. The lowest BCUT2D eigenvalue weighted by molar-refractivity contribution is -0.116. The van der Waals surface area contributed by atoms with Crippen LogP contribution in [0.15, 0.2) is 81.8 Å². The van der Waals surface area contributed by atoms with Gasteiger partial charge in [-0.15, -0.1) is 0 Å². The van der Waals surface area contributed by atoms with Crippen LogP contribution in [0.25, 0.3) is 0 Å². The zero-order valence-corrected chi connectivity index (χ0v) is 20.0. The second-order valence-corrected chi connectivity index (χ2v) is 9.50. The molecule has 0 saturated heterocycles. The van der Waals surface area contributed by atoms with Crippen LogP contribution in [0.1, 0.15) is 57.6 Å². The summed E-state index contributed by atoms with van der Waals surface area (Å²) in [5.74, 6) is 1.17. The van der Waals surface area contributed by atoms with E-state index in [-0.39, 0.29) is 18.8 Å². The molecule has 1 aliphatic carbocycles. The van der Waals surface area contributed by atoms with Gasteiger partial charge in [0.1, 0.15) is 17.1 Å². The zero-order chi connectivity index (χ0) is 23.8. The maximum absolute atomic E-state index is 12.0. The summed E-state index contributed by atoms with van der Waals surface area (Å²) in [5.41, 5.74) is 0.0816. The van der Waals surface area contributed by atoms with Crippen LogP contribution >= 0.6 is 11.8 Å². The fourth-order valence-corrected chi connectivity index (χ4v) is 4.89. The van der Waals surface area contributed by atoms with Crippen molar-refractivity contribution in [2.45, 2.75) is 67.4 Å². The first-order valence-electron chi connectivity index (χ1n) is 11.3. The van der Waals surface area contributed by atoms with Crippen LogP contribution in [0.2, 0.25) is 0 Å². The van der Waals surface area contributed by atoms with E-state index in [0.717, 1.165) is 21.8 Å². The Labute approximate surface area is 199 Å². The fraction of sp³-hybridized carbons (Fsp3) is 0.370. The van der Waals surface area contributed by atoms with Crippen LogP contribution in [0.4, 0.5) is 0 Å². The predicted molar refractivity (Wildman–Crippen MR) is 130 cm³/mol. The molecule has 2 aromatic rings. The molecule has 0 spiro atoms. The summed E-state index contributed by atoms with van der Waals surface area (Å²) in [6.07, 6.45) is 5.51. The molecule has 2 atom stereocenters. The molecular formula is C27H32O5S. The van der Waals surface area contributed by atoms with Gasteiger partial charge in [0, 0.05) is 28.4 Å². The molecule has 3 rings (SSSR count). The summed E-state index contributed by atoms with van der Waals surface area (Å²) < 4.78 is 6.07. The SMILES string of the molecule is CCCC1(O)CC(Oc2cccc(Sc3ccc(C(O)CCCO)cc3)c2)=CC=C1C(C)=O. The number of aliphatic hydroxyl groups excluding tert-OH is 2. The Hall–Kier alpha value is -2.38. The van der Waals surface area contributed by atoms with E-state index in [0.29, 0.717) is 36.3 Å². The fourth-order valence-electron chi connectivity index (χ4n) is 4.02. The topological polar surface area (TPSA) is 87.0 Å². The lowest BCUT2D eigenvalue weighted by Crippen LogP contribution is -2.37. The van der Waals surface area contributed by atoms with Crippen LogP contribution in [-0.2, 0) is 4.79 Å². The van der Waals surface area contributed by atoms with Crippen molar-refractivity contribution in [2.75, 3.05) is 6.61 Å². The maximum atomic E-state index is 12.0. The number of rotatable bonds is 11. The molecule has 33 heavy (non-hydrogen) atoms. The van der Waals surface area contributed by atoms with Gasteiger partial charge < -0.3 is 20.1 Å². The van der Waals surface area contributed by atoms with E-state index >= 15 is 0 Å². The third-order valence-electron chi connectivity index (χ3n) is 5.64. The molecule has 3 N–H and O–H groups in total. The molecule has 5 nitrogen and oxygen atoms in total. The number of allylic oxidation sites excluding steroid dienone is 2. The van der Waals surface area contributed by atoms with Crippen LogP contribution in [0.3, 0.4) is 0 Å². The van der Waals surface area contributed by atoms with Gasteiger partial charge in [0.15, 0.2) is 5.78 Å². The van der Waals surface area contributed by atoms with E-state index in [1.165, 1.54) is 6.92 Å². The number of Topliss-reactive ketones (excluding diaryl/α,β-unsaturated/α-hetero) is 1. The van der Waals surface area contributed by atoms with Crippen LogP contribution in [0, 0.1) is 0 Å². The molecule has 0 aliphatic heterocycles. The molecule has 0 amide bonds. The summed E-state index contributed by atoms with van der Waals surface area (Å²) in [6, 6.07) is 15.5. The molecule has 0 radical (unpaired) electrons. The quantitative estimate of drug-likeness (QED) is 0.412. The Morgan fingerprint density at radius 2 is 1.91 bits per heavy atom. The Kier molecular flexibility index (Phi) is 8.92. The third-order valence-corrected chi connectivity index (χ3v) is 6.63. The van der Waals surface area contributed by atoms with Crippen LogP contribution in [0.5, 0.6) is 5.75 Å². The maximum Gasteiger partial charge on any atom is 0.158 e. The number of ketones is 1. The minimum absolute atomic E-state index is 0.0758.